The molecule has 2 heterocycles. The first-order valence-corrected chi connectivity index (χ1v) is 3.99. The highest BCUT2D eigenvalue weighted by Crippen LogP contribution is 2.41. The van der Waals surface area contributed by atoms with Crippen LogP contribution in [0.5, 0.6) is 0 Å². The van der Waals surface area contributed by atoms with Gasteiger partial charge in [0.15, 0.2) is 5.79 Å². The van der Waals surface area contributed by atoms with Crippen molar-refractivity contribution >= 4 is 0 Å². The molecule has 12 heavy (non-hydrogen) atoms. The van der Waals surface area contributed by atoms with Crippen LogP contribution in [0, 0.1) is 0 Å². The molecule has 0 amide bonds. The van der Waals surface area contributed by atoms with Gasteiger partial charge in [-0.05, 0) is 0 Å². The maximum absolute atomic E-state index is 5.50. The second-order valence-electron chi connectivity index (χ2n) is 3.08. The van der Waals surface area contributed by atoms with E-state index in [0.717, 1.165) is 17.7 Å². The molecule has 0 N–H and O–H groups in total. The third-order valence-corrected chi connectivity index (χ3v) is 2.28. The van der Waals surface area contributed by atoms with Crippen LogP contribution in [-0.2, 0) is 9.47 Å². The predicted molar refractivity (Wildman–Crippen MR) is 40.3 cm³/mol. The standard InChI is InChI=1S/C8H8N2O2/c1-2-12-8(11-1)3-6-5-9-10-7(6)4-8/h4-5H,1-3H2. The van der Waals surface area contributed by atoms with Gasteiger partial charge >= 0.3 is 0 Å². The van der Waals surface area contributed by atoms with E-state index in [1.807, 2.05) is 6.08 Å². The number of allylic oxidation sites excluding steroid dienone is 1. The smallest absolute Gasteiger partial charge is 0.194 e. The molecule has 3 rings (SSSR count). The highest BCUT2D eigenvalue weighted by molar-refractivity contribution is 5.41. The van der Waals surface area contributed by atoms with Crippen molar-refractivity contribution in [2.24, 2.45) is 10.2 Å². The van der Waals surface area contributed by atoms with E-state index >= 15 is 0 Å². The van der Waals surface area contributed by atoms with Crippen molar-refractivity contribution in [2.75, 3.05) is 13.2 Å². The summed E-state index contributed by atoms with van der Waals surface area (Å²) in [5.74, 6) is -0.499. The number of rotatable bonds is 0. The molecule has 2 aliphatic heterocycles. The van der Waals surface area contributed by atoms with Crippen LogP contribution in [-0.4, -0.2) is 19.0 Å². The van der Waals surface area contributed by atoms with E-state index in [1.165, 1.54) is 0 Å². The molecule has 0 saturated carbocycles. The summed E-state index contributed by atoms with van der Waals surface area (Å²) >= 11 is 0. The number of fused-ring (bicyclic) bond motifs is 1. The number of nitrogens with zero attached hydrogens (tertiary/aromatic N) is 2. The highest BCUT2D eigenvalue weighted by atomic mass is 16.7. The molecule has 0 aromatic heterocycles. The minimum Gasteiger partial charge on any atom is -0.344 e. The van der Waals surface area contributed by atoms with E-state index in [0.29, 0.717) is 13.2 Å². The predicted octanol–water partition coefficient (Wildman–Crippen LogP) is 1.37. The van der Waals surface area contributed by atoms with Crippen LogP contribution in [0.3, 0.4) is 0 Å². The molecule has 1 aliphatic carbocycles. The Morgan fingerprint density at radius 2 is 2.17 bits per heavy atom. The summed E-state index contributed by atoms with van der Waals surface area (Å²) in [6, 6.07) is 0. The first kappa shape index (κ1) is 6.51. The Bertz CT molecular complexity index is 311. The van der Waals surface area contributed by atoms with Crippen LogP contribution in [0.2, 0.25) is 0 Å². The first-order chi connectivity index (χ1) is 5.88. The minimum atomic E-state index is -0.499. The Kier molecular flexibility index (Phi) is 1.10. The van der Waals surface area contributed by atoms with Crippen molar-refractivity contribution in [2.45, 2.75) is 12.2 Å². The van der Waals surface area contributed by atoms with Crippen molar-refractivity contribution in [3.8, 4) is 0 Å². The number of hydrogen-bond acceptors (Lipinski definition) is 4. The van der Waals surface area contributed by atoms with Crippen LogP contribution in [0.1, 0.15) is 6.42 Å². The van der Waals surface area contributed by atoms with Gasteiger partial charge in [-0.3, -0.25) is 0 Å². The van der Waals surface area contributed by atoms with Crippen LogP contribution in [0.25, 0.3) is 0 Å². The summed E-state index contributed by atoms with van der Waals surface area (Å²) in [6.07, 6.45) is 4.45. The minimum absolute atomic E-state index is 0.499. The Hall–Kier alpha value is -1.00. The molecule has 0 unspecified atom stereocenters. The summed E-state index contributed by atoms with van der Waals surface area (Å²) in [7, 11) is 0. The van der Waals surface area contributed by atoms with Crippen molar-refractivity contribution in [1.29, 1.82) is 0 Å². The van der Waals surface area contributed by atoms with Crippen molar-refractivity contribution in [1.82, 2.24) is 0 Å². The summed E-state index contributed by atoms with van der Waals surface area (Å²) in [4.78, 5) is 0. The van der Waals surface area contributed by atoms with Gasteiger partial charge in [0.1, 0.15) is 0 Å². The van der Waals surface area contributed by atoms with Crippen LogP contribution < -0.4 is 0 Å². The quantitative estimate of drug-likeness (QED) is 0.542. The van der Waals surface area contributed by atoms with E-state index in [4.69, 9.17) is 9.47 Å². The van der Waals surface area contributed by atoms with Crippen molar-refractivity contribution in [3.05, 3.63) is 23.5 Å². The fraction of sp³-hybridized carbons (Fsp3) is 0.500. The normalized spacial score (nSPS) is 29.3. The molecule has 3 aliphatic rings. The van der Waals surface area contributed by atoms with E-state index in [2.05, 4.69) is 10.2 Å². The molecule has 4 nitrogen and oxygen atoms in total. The van der Waals surface area contributed by atoms with Crippen molar-refractivity contribution in [3.63, 3.8) is 0 Å². The van der Waals surface area contributed by atoms with Crippen LogP contribution >= 0.6 is 0 Å². The second-order valence-corrected chi connectivity index (χ2v) is 3.08. The van der Waals surface area contributed by atoms with E-state index in [-0.39, 0.29) is 0 Å². The Morgan fingerprint density at radius 3 is 2.92 bits per heavy atom. The molecule has 0 aromatic carbocycles. The van der Waals surface area contributed by atoms with Crippen LogP contribution in [0.15, 0.2) is 33.8 Å². The third-order valence-electron chi connectivity index (χ3n) is 2.28. The third kappa shape index (κ3) is 0.735. The molecule has 1 saturated heterocycles. The summed E-state index contributed by atoms with van der Waals surface area (Å²) in [5, 5.41) is 7.76. The number of azo groups is 1. The Balaban J connectivity index is 1.99. The Labute approximate surface area is 69.6 Å². The van der Waals surface area contributed by atoms with Gasteiger partial charge in [0.25, 0.3) is 0 Å². The van der Waals surface area contributed by atoms with Crippen molar-refractivity contribution < 1.29 is 9.47 Å². The molecule has 0 radical (unpaired) electrons. The molecular weight excluding hydrogens is 156 g/mol. The zero-order valence-corrected chi connectivity index (χ0v) is 6.49. The SMILES string of the molecule is C1=C2CC3(C=C2N=N1)OCCO3. The van der Waals surface area contributed by atoms with Gasteiger partial charge in [-0.2, -0.15) is 10.2 Å². The number of ether oxygens (including phenoxy) is 2. The van der Waals surface area contributed by atoms with E-state index in [9.17, 15) is 0 Å². The second kappa shape index (κ2) is 2.02. The van der Waals surface area contributed by atoms with Crippen LogP contribution in [0.4, 0.5) is 0 Å². The molecule has 0 aromatic rings. The number of hydrogen-bond donors (Lipinski definition) is 0. The summed E-state index contributed by atoms with van der Waals surface area (Å²) < 4.78 is 11.0. The van der Waals surface area contributed by atoms with Gasteiger partial charge in [-0.25, -0.2) is 0 Å². The fourth-order valence-corrected chi connectivity index (χ4v) is 1.73. The first-order valence-electron chi connectivity index (χ1n) is 3.99. The molecule has 1 spiro atoms. The molecule has 1 fully saturated rings. The molecule has 62 valence electrons. The maximum atomic E-state index is 5.50. The zero-order valence-electron chi connectivity index (χ0n) is 6.49. The summed E-state index contributed by atoms with van der Waals surface area (Å²) in [5.41, 5.74) is 2.04. The Morgan fingerprint density at radius 1 is 1.33 bits per heavy atom. The lowest BCUT2D eigenvalue weighted by atomic mass is 10.2. The average molecular weight is 164 g/mol. The zero-order chi connectivity index (χ0) is 8.02. The highest BCUT2D eigenvalue weighted by Gasteiger charge is 2.42. The topological polar surface area (TPSA) is 43.2 Å². The van der Waals surface area contributed by atoms with Gasteiger partial charge < -0.3 is 9.47 Å². The van der Waals surface area contributed by atoms with Gasteiger partial charge in [0, 0.05) is 18.1 Å². The lowest BCUT2D eigenvalue weighted by molar-refractivity contribution is -0.110. The molecule has 0 atom stereocenters. The van der Waals surface area contributed by atoms with E-state index < -0.39 is 5.79 Å². The average Bonchev–Trinajstić information content (AvgIpc) is 2.66. The van der Waals surface area contributed by atoms with Gasteiger partial charge in [-0.1, -0.05) is 0 Å². The molecule has 4 heteroatoms. The molecule has 0 bridgehead atoms. The van der Waals surface area contributed by atoms with Gasteiger partial charge in [0.2, 0.25) is 0 Å². The fourth-order valence-electron chi connectivity index (χ4n) is 1.73. The van der Waals surface area contributed by atoms with Gasteiger partial charge in [-0.15, -0.1) is 0 Å². The lowest BCUT2D eigenvalue weighted by Crippen LogP contribution is -2.24. The monoisotopic (exact) mass is 164 g/mol. The molecular formula is C8H8N2O2. The maximum Gasteiger partial charge on any atom is 0.194 e. The summed E-state index contributed by atoms with van der Waals surface area (Å²) in [6.45, 7) is 1.35. The lowest BCUT2D eigenvalue weighted by Gasteiger charge is -2.17. The largest absolute Gasteiger partial charge is 0.344 e. The van der Waals surface area contributed by atoms with Gasteiger partial charge in [0.05, 0.1) is 25.1 Å². The van der Waals surface area contributed by atoms with E-state index in [1.54, 1.807) is 6.20 Å².